The third-order valence-electron chi connectivity index (χ3n) is 4.13. The van der Waals surface area contributed by atoms with Crippen LogP contribution in [0.2, 0.25) is 0 Å². The first-order valence-electron chi connectivity index (χ1n) is 7.48. The number of urea groups is 1. The molecule has 2 aliphatic rings. The lowest BCUT2D eigenvalue weighted by Crippen LogP contribution is -2.45. The summed E-state index contributed by atoms with van der Waals surface area (Å²) >= 11 is 0. The molecule has 0 aromatic carbocycles. The van der Waals surface area contributed by atoms with Gasteiger partial charge >= 0.3 is 6.03 Å². The maximum atomic E-state index is 12.4. The van der Waals surface area contributed by atoms with Crippen molar-refractivity contribution in [2.45, 2.75) is 38.5 Å². The van der Waals surface area contributed by atoms with Gasteiger partial charge < -0.3 is 15.1 Å². The van der Waals surface area contributed by atoms with Crippen LogP contribution < -0.4 is 5.32 Å². The minimum absolute atomic E-state index is 0.238. The zero-order valence-electron chi connectivity index (χ0n) is 11.7. The highest BCUT2D eigenvalue weighted by Crippen LogP contribution is 2.14. The number of hydrogen-bond donors (Lipinski definition) is 1. The van der Waals surface area contributed by atoms with Gasteiger partial charge in [0.2, 0.25) is 0 Å². The predicted molar refractivity (Wildman–Crippen MR) is 73.7 cm³/mol. The van der Waals surface area contributed by atoms with Gasteiger partial charge in [-0.1, -0.05) is 12.8 Å². The Bertz CT molecular complexity index is 256. The van der Waals surface area contributed by atoms with Crippen LogP contribution in [0.4, 0.5) is 4.79 Å². The number of piperidine rings is 1. The number of likely N-dealkylation sites (tertiary alicyclic amines) is 1. The van der Waals surface area contributed by atoms with Gasteiger partial charge in [-0.15, -0.1) is 0 Å². The van der Waals surface area contributed by atoms with E-state index in [-0.39, 0.29) is 6.03 Å². The van der Waals surface area contributed by atoms with Gasteiger partial charge in [-0.05, 0) is 44.7 Å². The van der Waals surface area contributed by atoms with Gasteiger partial charge in [0.25, 0.3) is 0 Å². The van der Waals surface area contributed by atoms with Crippen molar-refractivity contribution in [2.24, 2.45) is 5.92 Å². The van der Waals surface area contributed by atoms with Crippen molar-refractivity contribution in [3.63, 3.8) is 0 Å². The van der Waals surface area contributed by atoms with Crippen LogP contribution in [0.25, 0.3) is 0 Å². The fraction of sp³-hybridized carbons (Fsp3) is 0.929. The number of carbonyl (C=O) groups excluding carboxylic acids is 1. The summed E-state index contributed by atoms with van der Waals surface area (Å²) < 4.78 is 0. The Morgan fingerprint density at radius 1 is 1.22 bits per heavy atom. The molecular formula is C14H27N3O. The summed E-state index contributed by atoms with van der Waals surface area (Å²) in [6.07, 6.45) is 7.40. The first-order valence-corrected chi connectivity index (χ1v) is 7.48. The van der Waals surface area contributed by atoms with Crippen molar-refractivity contribution < 1.29 is 4.79 Å². The van der Waals surface area contributed by atoms with Crippen LogP contribution in [0, 0.1) is 5.92 Å². The Morgan fingerprint density at radius 2 is 1.94 bits per heavy atom. The van der Waals surface area contributed by atoms with Crippen LogP contribution in [0.15, 0.2) is 0 Å². The molecule has 0 saturated carbocycles. The summed E-state index contributed by atoms with van der Waals surface area (Å²) in [5.74, 6) is 0.639. The molecule has 1 atom stereocenters. The van der Waals surface area contributed by atoms with Crippen LogP contribution in [0.3, 0.4) is 0 Å². The zero-order valence-corrected chi connectivity index (χ0v) is 11.7. The van der Waals surface area contributed by atoms with Crippen LogP contribution >= 0.6 is 0 Å². The monoisotopic (exact) mass is 253 g/mol. The molecule has 18 heavy (non-hydrogen) atoms. The molecule has 2 rings (SSSR count). The highest BCUT2D eigenvalue weighted by atomic mass is 16.2. The number of nitrogens with one attached hydrogen (secondary N) is 1. The molecule has 0 aromatic rings. The number of rotatable bonds is 2. The molecule has 0 aliphatic carbocycles. The average molecular weight is 253 g/mol. The zero-order chi connectivity index (χ0) is 12.8. The summed E-state index contributed by atoms with van der Waals surface area (Å²) in [4.78, 5) is 16.3. The summed E-state index contributed by atoms with van der Waals surface area (Å²) in [7, 11) is 1.96. The average Bonchev–Trinajstić information content (AvgIpc) is 2.68. The predicted octanol–water partition coefficient (Wildman–Crippen LogP) is 1.91. The summed E-state index contributed by atoms with van der Waals surface area (Å²) in [6.45, 7) is 5.01. The minimum Gasteiger partial charge on any atom is -0.327 e. The molecule has 1 unspecified atom stereocenters. The molecule has 1 N–H and O–H groups in total. The molecule has 2 saturated heterocycles. The molecule has 2 fully saturated rings. The van der Waals surface area contributed by atoms with Crippen LogP contribution in [-0.4, -0.2) is 55.6 Å². The summed E-state index contributed by atoms with van der Waals surface area (Å²) in [5, 5.41) is 3.42. The topological polar surface area (TPSA) is 35.6 Å². The van der Waals surface area contributed by atoms with E-state index in [1.807, 2.05) is 16.8 Å². The third-order valence-corrected chi connectivity index (χ3v) is 4.13. The van der Waals surface area contributed by atoms with E-state index >= 15 is 0 Å². The molecule has 0 spiro atoms. The Kier molecular flexibility index (Phi) is 5.29. The van der Waals surface area contributed by atoms with E-state index in [4.69, 9.17) is 0 Å². The van der Waals surface area contributed by atoms with E-state index in [0.717, 1.165) is 32.7 Å². The van der Waals surface area contributed by atoms with Crippen molar-refractivity contribution in [1.82, 2.24) is 15.1 Å². The van der Waals surface area contributed by atoms with Crippen molar-refractivity contribution in [3.05, 3.63) is 0 Å². The van der Waals surface area contributed by atoms with Crippen LogP contribution in [0.5, 0.6) is 0 Å². The van der Waals surface area contributed by atoms with E-state index in [1.165, 1.54) is 38.5 Å². The maximum Gasteiger partial charge on any atom is 0.319 e. The largest absolute Gasteiger partial charge is 0.327 e. The van der Waals surface area contributed by atoms with Gasteiger partial charge in [0.05, 0.1) is 0 Å². The van der Waals surface area contributed by atoms with Gasteiger partial charge in [-0.2, -0.15) is 0 Å². The first-order chi connectivity index (χ1) is 8.77. The Hall–Kier alpha value is -0.770. The lowest BCUT2D eigenvalue weighted by Gasteiger charge is -2.31. The van der Waals surface area contributed by atoms with E-state index in [1.54, 1.807) is 0 Å². The molecule has 0 radical (unpaired) electrons. The molecule has 2 heterocycles. The second-order valence-electron chi connectivity index (χ2n) is 5.78. The Labute approximate surface area is 111 Å². The summed E-state index contributed by atoms with van der Waals surface area (Å²) in [6, 6.07) is 0.238. The van der Waals surface area contributed by atoms with Gasteiger partial charge in [0.1, 0.15) is 0 Å². The maximum absolute atomic E-state index is 12.4. The quantitative estimate of drug-likeness (QED) is 0.816. The van der Waals surface area contributed by atoms with Crippen molar-refractivity contribution >= 4 is 6.03 Å². The van der Waals surface area contributed by atoms with E-state index in [9.17, 15) is 4.79 Å². The number of nitrogens with zero attached hydrogens (tertiary/aromatic N) is 2. The van der Waals surface area contributed by atoms with Crippen molar-refractivity contribution in [3.8, 4) is 0 Å². The molecule has 4 nitrogen and oxygen atoms in total. The fourth-order valence-electron chi connectivity index (χ4n) is 3.05. The highest BCUT2D eigenvalue weighted by Gasteiger charge is 2.22. The Balaban J connectivity index is 1.79. The standard InChI is InChI=1S/C14H27N3O/c1-16(12-13-7-6-8-15-11-13)14(18)17-9-4-2-3-5-10-17/h13,15H,2-12H2,1H3. The molecule has 2 aliphatic heterocycles. The minimum atomic E-state index is 0.238. The molecule has 0 bridgehead atoms. The van der Waals surface area contributed by atoms with Gasteiger partial charge in [-0.25, -0.2) is 4.79 Å². The fourth-order valence-corrected chi connectivity index (χ4v) is 3.05. The van der Waals surface area contributed by atoms with Gasteiger partial charge in [-0.3, -0.25) is 0 Å². The highest BCUT2D eigenvalue weighted by molar-refractivity contribution is 5.74. The second kappa shape index (κ2) is 6.98. The second-order valence-corrected chi connectivity index (χ2v) is 5.78. The molecule has 0 aromatic heterocycles. The SMILES string of the molecule is CN(CC1CCCNC1)C(=O)N1CCCCCC1. The van der Waals surface area contributed by atoms with Crippen LogP contribution in [-0.2, 0) is 0 Å². The number of carbonyl (C=O) groups is 1. The molecular weight excluding hydrogens is 226 g/mol. The van der Waals surface area contributed by atoms with E-state index < -0.39 is 0 Å². The van der Waals surface area contributed by atoms with Crippen molar-refractivity contribution in [2.75, 3.05) is 39.8 Å². The normalized spacial score (nSPS) is 25.6. The first kappa shape index (κ1) is 13.7. The van der Waals surface area contributed by atoms with Crippen molar-refractivity contribution in [1.29, 1.82) is 0 Å². The lowest BCUT2D eigenvalue weighted by atomic mass is 9.99. The summed E-state index contributed by atoms with van der Waals surface area (Å²) in [5.41, 5.74) is 0. The van der Waals surface area contributed by atoms with Crippen LogP contribution in [0.1, 0.15) is 38.5 Å². The van der Waals surface area contributed by atoms with Gasteiger partial charge in [0, 0.05) is 26.7 Å². The smallest absolute Gasteiger partial charge is 0.319 e. The van der Waals surface area contributed by atoms with E-state index in [0.29, 0.717) is 5.92 Å². The molecule has 104 valence electrons. The van der Waals surface area contributed by atoms with Gasteiger partial charge in [0.15, 0.2) is 0 Å². The Morgan fingerprint density at radius 3 is 2.56 bits per heavy atom. The molecule has 2 amide bonds. The number of hydrogen-bond acceptors (Lipinski definition) is 2. The molecule has 4 heteroatoms. The van der Waals surface area contributed by atoms with E-state index in [2.05, 4.69) is 5.32 Å². The number of amides is 2. The third kappa shape index (κ3) is 3.87. The lowest BCUT2D eigenvalue weighted by molar-refractivity contribution is 0.154.